The standard InChI is InChI=1S/C15H23N3O3/c1-4-12-9-13(18(5-2)16-12)14(19)17-8-6-7-11(10-17)15(20)21-3/h9,11H,4-8,10H2,1-3H3/t11-/m0/s1. The number of hydrogen-bond donors (Lipinski definition) is 0. The van der Waals surface area contributed by atoms with Gasteiger partial charge in [-0.05, 0) is 32.3 Å². The third-order valence-corrected chi connectivity index (χ3v) is 3.95. The predicted octanol–water partition coefficient (Wildman–Crippen LogP) is 1.49. The average molecular weight is 293 g/mol. The van der Waals surface area contributed by atoms with E-state index in [1.54, 1.807) is 9.58 Å². The molecule has 0 bridgehead atoms. The number of nitrogens with zero attached hydrogens (tertiary/aromatic N) is 3. The second kappa shape index (κ2) is 6.74. The highest BCUT2D eigenvalue weighted by molar-refractivity contribution is 5.93. The summed E-state index contributed by atoms with van der Waals surface area (Å²) in [5.74, 6) is -0.486. The van der Waals surface area contributed by atoms with Gasteiger partial charge < -0.3 is 9.64 Å². The average Bonchev–Trinajstić information content (AvgIpc) is 2.96. The Morgan fingerprint density at radius 1 is 1.43 bits per heavy atom. The number of carbonyl (C=O) groups excluding carboxylic acids is 2. The van der Waals surface area contributed by atoms with E-state index in [1.807, 2.05) is 19.9 Å². The number of likely N-dealkylation sites (tertiary alicyclic amines) is 1. The minimum atomic E-state index is -0.231. The molecule has 1 aliphatic heterocycles. The fraction of sp³-hybridized carbons (Fsp3) is 0.667. The molecule has 0 saturated carbocycles. The summed E-state index contributed by atoms with van der Waals surface area (Å²) in [4.78, 5) is 26.1. The second-order valence-corrected chi connectivity index (χ2v) is 5.30. The molecule has 0 unspecified atom stereocenters. The summed E-state index contributed by atoms with van der Waals surface area (Å²) in [6, 6.07) is 1.85. The van der Waals surface area contributed by atoms with Crippen LogP contribution in [0.4, 0.5) is 0 Å². The van der Waals surface area contributed by atoms with Gasteiger partial charge in [0.1, 0.15) is 5.69 Å². The maximum absolute atomic E-state index is 12.7. The van der Waals surface area contributed by atoms with Crippen LogP contribution in [-0.4, -0.2) is 46.8 Å². The molecule has 1 fully saturated rings. The van der Waals surface area contributed by atoms with E-state index in [4.69, 9.17) is 4.74 Å². The number of carbonyl (C=O) groups is 2. The van der Waals surface area contributed by atoms with E-state index in [0.717, 1.165) is 25.0 Å². The van der Waals surface area contributed by atoms with Crippen LogP contribution >= 0.6 is 0 Å². The first-order valence-electron chi connectivity index (χ1n) is 7.54. The number of aromatic nitrogens is 2. The number of esters is 1. The van der Waals surface area contributed by atoms with Crippen molar-refractivity contribution in [2.24, 2.45) is 5.92 Å². The fourth-order valence-corrected chi connectivity index (χ4v) is 2.74. The highest BCUT2D eigenvalue weighted by Crippen LogP contribution is 2.20. The van der Waals surface area contributed by atoms with Gasteiger partial charge in [-0.25, -0.2) is 0 Å². The molecule has 2 rings (SSSR count). The van der Waals surface area contributed by atoms with Crippen molar-refractivity contribution in [1.29, 1.82) is 0 Å². The second-order valence-electron chi connectivity index (χ2n) is 5.30. The van der Waals surface area contributed by atoms with Crippen LogP contribution in [-0.2, 0) is 22.5 Å². The Kier molecular flexibility index (Phi) is 4.98. The molecule has 0 spiro atoms. The number of amides is 1. The van der Waals surface area contributed by atoms with E-state index < -0.39 is 0 Å². The molecule has 0 aromatic carbocycles. The molecule has 1 aromatic rings. The third-order valence-electron chi connectivity index (χ3n) is 3.95. The zero-order chi connectivity index (χ0) is 15.4. The molecular formula is C15H23N3O3. The van der Waals surface area contributed by atoms with Crippen LogP contribution < -0.4 is 0 Å². The van der Waals surface area contributed by atoms with Crippen molar-refractivity contribution >= 4 is 11.9 Å². The number of ether oxygens (including phenoxy) is 1. The Morgan fingerprint density at radius 2 is 2.19 bits per heavy atom. The first-order valence-corrected chi connectivity index (χ1v) is 7.54. The van der Waals surface area contributed by atoms with Gasteiger partial charge in [0.2, 0.25) is 0 Å². The smallest absolute Gasteiger partial charge is 0.310 e. The van der Waals surface area contributed by atoms with Gasteiger partial charge in [0.25, 0.3) is 5.91 Å². The van der Waals surface area contributed by atoms with Crippen LogP contribution in [0.1, 0.15) is 42.9 Å². The van der Waals surface area contributed by atoms with Gasteiger partial charge in [-0.3, -0.25) is 14.3 Å². The third kappa shape index (κ3) is 3.25. The molecule has 0 N–H and O–H groups in total. The van der Waals surface area contributed by atoms with Crippen molar-refractivity contribution in [2.75, 3.05) is 20.2 Å². The van der Waals surface area contributed by atoms with E-state index in [9.17, 15) is 9.59 Å². The fourth-order valence-electron chi connectivity index (χ4n) is 2.74. The van der Waals surface area contributed by atoms with E-state index >= 15 is 0 Å². The Morgan fingerprint density at radius 3 is 2.81 bits per heavy atom. The van der Waals surface area contributed by atoms with Crippen LogP contribution in [0.2, 0.25) is 0 Å². The highest BCUT2D eigenvalue weighted by Gasteiger charge is 2.30. The molecule has 2 heterocycles. The largest absolute Gasteiger partial charge is 0.469 e. The molecule has 1 aromatic heterocycles. The summed E-state index contributed by atoms with van der Waals surface area (Å²) < 4.78 is 6.53. The summed E-state index contributed by atoms with van der Waals surface area (Å²) in [6.45, 7) is 5.77. The molecule has 1 saturated heterocycles. The monoisotopic (exact) mass is 293 g/mol. The highest BCUT2D eigenvalue weighted by atomic mass is 16.5. The van der Waals surface area contributed by atoms with Crippen molar-refractivity contribution in [2.45, 2.75) is 39.7 Å². The van der Waals surface area contributed by atoms with Crippen molar-refractivity contribution < 1.29 is 14.3 Å². The van der Waals surface area contributed by atoms with Crippen molar-refractivity contribution in [1.82, 2.24) is 14.7 Å². The zero-order valence-electron chi connectivity index (χ0n) is 13.0. The van der Waals surface area contributed by atoms with Crippen LogP contribution in [0.25, 0.3) is 0 Å². The lowest BCUT2D eigenvalue weighted by Crippen LogP contribution is -2.43. The molecule has 1 aliphatic rings. The van der Waals surface area contributed by atoms with Crippen LogP contribution in [0.5, 0.6) is 0 Å². The summed E-state index contributed by atoms with van der Waals surface area (Å²) in [7, 11) is 1.39. The van der Waals surface area contributed by atoms with E-state index in [0.29, 0.717) is 25.3 Å². The lowest BCUT2D eigenvalue weighted by molar-refractivity contribution is -0.146. The molecule has 1 atom stereocenters. The Bertz CT molecular complexity index is 524. The number of hydrogen-bond acceptors (Lipinski definition) is 4. The van der Waals surface area contributed by atoms with Gasteiger partial charge in [0.05, 0.1) is 18.7 Å². The van der Waals surface area contributed by atoms with Crippen LogP contribution in [0.3, 0.4) is 0 Å². The van der Waals surface area contributed by atoms with Crippen molar-refractivity contribution in [3.8, 4) is 0 Å². The first kappa shape index (κ1) is 15.5. The topological polar surface area (TPSA) is 64.4 Å². The lowest BCUT2D eigenvalue weighted by Gasteiger charge is -2.31. The van der Waals surface area contributed by atoms with Gasteiger partial charge in [-0.1, -0.05) is 6.92 Å². The summed E-state index contributed by atoms with van der Waals surface area (Å²) in [5, 5.41) is 4.41. The van der Waals surface area contributed by atoms with Gasteiger partial charge in [0, 0.05) is 19.6 Å². The molecule has 0 aliphatic carbocycles. The molecular weight excluding hydrogens is 270 g/mol. The summed E-state index contributed by atoms with van der Waals surface area (Å²) in [6.07, 6.45) is 2.41. The number of piperidine rings is 1. The predicted molar refractivity (Wildman–Crippen MR) is 77.9 cm³/mol. The minimum Gasteiger partial charge on any atom is -0.469 e. The Balaban J connectivity index is 2.15. The van der Waals surface area contributed by atoms with Crippen LogP contribution in [0, 0.1) is 5.92 Å². The Hall–Kier alpha value is -1.85. The molecule has 6 heteroatoms. The van der Waals surface area contributed by atoms with Crippen molar-refractivity contribution in [3.05, 3.63) is 17.5 Å². The van der Waals surface area contributed by atoms with E-state index in [2.05, 4.69) is 5.10 Å². The molecule has 6 nitrogen and oxygen atoms in total. The normalized spacial score (nSPS) is 18.6. The zero-order valence-corrected chi connectivity index (χ0v) is 13.0. The van der Waals surface area contributed by atoms with Gasteiger partial charge in [0.15, 0.2) is 0 Å². The van der Waals surface area contributed by atoms with Crippen LogP contribution in [0.15, 0.2) is 6.07 Å². The number of aryl methyl sites for hydroxylation is 2. The molecule has 21 heavy (non-hydrogen) atoms. The minimum absolute atomic E-state index is 0.0438. The summed E-state index contributed by atoms with van der Waals surface area (Å²) in [5.41, 5.74) is 1.53. The van der Waals surface area contributed by atoms with Gasteiger partial charge >= 0.3 is 5.97 Å². The maximum Gasteiger partial charge on any atom is 0.310 e. The maximum atomic E-state index is 12.7. The van der Waals surface area contributed by atoms with Gasteiger partial charge in [-0.2, -0.15) is 5.10 Å². The van der Waals surface area contributed by atoms with E-state index in [1.165, 1.54) is 7.11 Å². The van der Waals surface area contributed by atoms with E-state index in [-0.39, 0.29) is 17.8 Å². The first-order chi connectivity index (χ1) is 10.1. The molecule has 1 amide bonds. The SMILES string of the molecule is CCc1cc(C(=O)N2CCC[C@H](C(=O)OC)C2)n(CC)n1. The molecule has 116 valence electrons. The quantitative estimate of drug-likeness (QED) is 0.789. The lowest BCUT2D eigenvalue weighted by atomic mass is 9.98. The number of rotatable bonds is 4. The Labute approximate surface area is 125 Å². The van der Waals surface area contributed by atoms with Crippen molar-refractivity contribution in [3.63, 3.8) is 0 Å². The van der Waals surface area contributed by atoms with Gasteiger partial charge in [-0.15, -0.1) is 0 Å². The molecule has 0 radical (unpaired) electrons. The number of methoxy groups -OCH3 is 1. The summed E-state index contributed by atoms with van der Waals surface area (Å²) >= 11 is 0.